The standard InChI is InChI=1S/C13H15BrN4O2S/c1-2-7-15-13-16-8-12(9-17-13)21(19,20)18-11-5-3-10(14)4-6-11/h3-6,8-9,18H,2,7H2,1H3,(H,15,16,17). The van der Waals surface area contributed by atoms with E-state index < -0.39 is 10.0 Å². The third-order valence-corrected chi connectivity index (χ3v) is 4.43. The van der Waals surface area contributed by atoms with Crippen molar-refractivity contribution in [2.24, 2.45) is 0 Å². The lowest BCUT2D eigenvalue weighted by atomic mass is 10.3. The fourth-order valence-electron chi connectivity index (χ4n) is 1.52. The first-order valence-corrected chi connectivity index (χ1v) is 8.63. The summed E-state index contributed by atoms with van der Waals surface area (Å²) in [5.74, 6) is 0.416. The van der Waals surface area contributed by atoms with Crippen LogP contribution in [0.2, 0.25) is 0 Å². The Kier molecular flexibility index (Phi) is 5.13. The number of nitrogens with zero attached hydrogens (tertiary/aromatic N) is 2. The predicted molar refractivity (Wildman–Crippen MR) is 85.8 cm³/mol. The number of hydrogen-bond donors (Lipinski definition) is 2. The average molecular weight is 371 g/mol. The summed E-state index contributed by atoms with van der Waals surface area (Å²) < 4.78 is 27.7. The highest BCUT2D eigenvalue weighted by Crippen LogP contribution is 2.18. The number of nitrogens with one attached hydrogen (secondary N) is 2. The van der Waals surface area contributed by atoms with Gasteiger partial charge in [-0.05, 0) is 30.7 Å². The van der Waals surface area contributed by atoms with Crippen LogP contribution in [0, 0.1) is 0 Å². The van der Waals surface area contributed by atoms with Crippen molar-refractivity contribution in [3.63, 3.8) is 0 Å². The molecule has 2 N–H and O–H groups in total. The molecule has 0 aliphatic carbocycles. The molecule has 2 rings (SSSR count). The van der Waals surface area contributed by atoms with Crippen molar-refractivity contribution < 1.29 is 8.42 Å². The molecule has 6 nitrogen and oxygen atoms in total. The molecule has 0 saturated heterocycles. The Morgan fingerprint density at radius 2 is 1.76 bits per heavy atom. The minimum atomic E-state index is -3.68. The molecule has 1 heterocycles. The molecule has 0 fully saturated rings. The quantitative estimate of drug-likeness (QED) is 0.816. The van der Waals surface area contributed by atoms with Gasteiger partial charge in [0.25, 0.3) is 10.0 Å². The molecule has 21 heavy (non-hydrogen) atoms. The summed E-state index contributed by atoms with van der Waals surface area (Å²) in [6.45, 7) is 2.76. The van der Waals surface area contributed by atoms with Gasteiger partial charge >= 0.3 is 0 Å². The summed E-state index contributed by atoms with van der Waals surface area (Å²) in [5.41, 5.74) is 0.478. The van der Waals surface area contributed by atoms with Gasteiger partial charge in [-0.1, -0.05) is 22.9 Å². The highest BCUT2D eigenvalue weighted by molar-refractivity contribution is 9.10. The Balaban J connectivity index is 2.13. The number of benzene rings is 1. The van der Waals surface area contributed by atoms with Crippen LogP contribution in [0.15, 0.2) is 46.0 Å². The van der Waals surface area contributed by atoms with Crippen LogP contribution in [0.1, 0.15) is 13.3 Å². The van der Waals surface area contributed by atoms with Gasteiger partial charge in [-0.2, -0.15) is 0 Å². The summed E-state index contributed by atoms with van der Waals surface area (Å²) in [6, 6.07) is 6.84. The number of hydrogen-bond acceptors (Lipinski definition) is 5. The lowest BCUT2D eigenvalue weighted by Gasteiger charge is -2.08. The summed E-state index contributed by atoms with van der Waals surface area (Å²) in [5, 5.41) is 2.99. The zero-order chi connectivity index (χ0) is 15.3. The SMILES string of the molecule is CCCNc1ncc(S(=O)(=O)Nc2ccc(Br)cc2)cn1. The van der Waals surface area contributed by atoms with Crippen molar-refractivity contribution in [3.8, 4) is 0 Å². The molecule has 0 saturated carbocycles. The van der Waals surface area contributed by atoms with E-state index in [0.29, 0.717) is 11.6 Å². The number of aromatic nitrogens is 2. The van der Waals surface area contributed by atoms with Gasteiger partial charge in [0.1, 0.15) is 4.90 Å². The number of rotatable bonds is 6. The smallest absolute Gasteiger partial charge is 0.264 e. The Labute approximate surface area is 132 Å². The fraction of sp³-hybridized carbons (Fsp3) is 0.231. The van der Waals surface area contributed by atoms with Gasteiger partial charge in [0.2, 0.25) is 5.95 Å². The van der Waals surface area contributed by atoms with Crippen molar-refractivity contribution in [2.45, 2.75) is 18.2 Å². The minimum absolute atomic E-state index is 0.0208. The van der Waals surface area contributed by atoms with Crippen LogP contribution in [0.4, 0.5) is 11.6 Å². The normalized spacial score (nSPS) is 11.1. The second-order valence-corrected chi connectivity index (χ2v) is 6.88. The number of halogens is 1. The third kappa shape index (κ3) is 4.40. The fourth-order valence-corrected chi connectivity index (χ4v) is 2.73. The highest BCUT2D eigenvalue weighted by atomic mass is 79.9. The van der Waals surface area contributed by atoms with Gasteiger partial charge in [0.05, 0.1) is 12.4 Å². The van der Waals surface area contributed by atoms with E-state index in [-0.39, 0.29) is 4.90 Å². The highest BCUT2D eigenvalue weighted by Gasteiger charge is 2.15. The largest absolute Gasteiger partial charge is 0.354 e. The molecule has 0 radical (unpaired) electrons. The van der Waals surface area contributed by atoms with E-state index in [9.17, 15) is 8.42 Å². The van der Waals surface area contributed by atoms with Gasteiger partial charge in [-0.25, -0.2) is 18.4 Å². The minimum Gasteiger partial charge on any atom is -0.354 e. The first-order valence-electron chi connectivity index (χ1n) is 6.35. The van der Waals surface area contributed by atoms with Crippen LogP contribution in [-0.4, -0.2) is 24.9 Å². The third-order valence-electron chi connectivity index (χ3n) is 2.57. The molecule has 112 valence electrons. The molecule has 1 aromatic heterocycles. The lowest BCUT2D eigenvalue weighted by Crippen LogP contribution is -2.14. The van der Waals surface area contributed by atoms with Gasteiger partial charge in [0, 0.05) is 16.7 Å². The van der Waals surface area contributed by atoms with E-state index >= 15 is 0 Å². The summed E-state index contributed by atoms with van der Waals surface area (Å²) >= 11 is 3.29. The Bertz CT molecular complexity index is 687. The average Bonchev–Trinajstić information content (AvgIpc) is 2.48. The molecule has 0 bridgehead atoms. The van der Waals surface area contributed by atoms with E-state index in [0.717, 1.165) is 17.4 Å². The Morgan fingerprint density at radius 3 is 2.33 bits per heavy atom. The molecule has 0 spiro atoms. The summed E-state index contributed by atoms with van der Waals surface area (Å²) in [7, 11) is -3.68. The second-order valence-electron chi connectivity index (χ2n) is 4.28. The van der Waals surface area contributed by atoms with Crippen molar-refractivity contribution in [2.75, 3.05) is 16.6 Å². The van der Waals surface area contributed by atoms with Crippen molar-refractivity contribution in [3.05, 3.63) is 41.1 Å². The Morgan fingerprint density at radius 1 is 1.14 bits per heavy atom. The second kappa shape index (κ2) is 6.86. The van der Waals surface area contributed by atoms with E-state index in [1.807, 2.05) is 6.92 Å². The van der Waals surface area contributed by atoms with Crippen molar-refractivity contribution >= 4 is 37.6 Å². The van der Waals surface area contributed by atoms with Crippen LogP contribution >= 0.6 is 15.9 Å². The van der Waals surface area contributed by atoms with Gasteiger partial charge in [-0.15, -0.1) is 0 Å². The molecule has 0 atom stereocenters. The maximum Gasteiger partial charge on any atom is 0.264 e. The van der Waals surface area contributed by atoms with E-state index in [1.165, 1.54) is 12.4 Å². The topological polar surface area (TPSA) is 84.0 Å². The van der Waals surface area contributed by atoms with Crippen molar-refractivity contribution in [1.82, 2.24) is 9.97 Å². The number of sulfonamides is 1. The molecule has 1 aromatic carbocycles. The summed E-state index contributed by atoms with van der Waals surface area (Å²) in [6.07, 6.45) is 3.51. The van der Waals surface area contributed by atoms with Crippen LogP contribution in [-0.2, 0) is 10.0 Å². The zero-order valence-corrected chi connectivity index (χ0v) is 13.8. The van der Waals surface area contributed by atoms with Crippen LogP contribution in [0.5, 0.6) is 0 Å². The van der Waals surface area contributed by atoms with Crippen molar-refractivity contribution in [1.29, 1.82) is 0 Å². The molecular weight excluding hydrogens is 356 g/mol. The zero-order valence-electron chi connectivity index (χ0n) is 11.4. The molecule has 0 aliphatic rings. The van der Waals surface area contributed by atoms with Gasteiger partial charge in [-0.3, -0.25) is 4.72 Å². The molecule has 2 aromatic rings. The summed E-state index contributed by atoms with van der Waals surface area (Å²) in [4.78, 5) is 8.00. The number of anilines is 2. The van der Waals surface area contributed by atoms with Crippen LogP contribution in [0.25, 0.3) is 0 Å². The Hall–Kier alpha value is -1.67. The molecule has 0 amide bonds. The molecular formula is C13H15BrN4O2S. The first kappa shape index (κ1) is 15.7. The van der Waals surface area contributed by atoms with E-state index in [1.54, 1.807) is 24.3 Å². The van der Waals surface area contributed by atoms with E-state index in [4.69, 9.17) is 0 Å². The molecule has 0 unspecified atom stereocenters. The van der Waals surface area contributed by atoms with E-state index in [2.05, 4.69) is 35.9 Å². The lowest BCUT2D eigenvalue weighted by molar-refractivity contribution is 0.600. The maximum atomic E-state index is 12.2. The molecule has 0 aliphatic heterocycles. The van der Waals surface area contributed by atoms with Crippen LogP contribution in [0.3, 0.4) is 0 Å². The monoisotopic (exact) mass is 370 g/mol. The predicted octanol–water partition coefficient (Wildman–Crippen LogP) is 2.86. The van der Waals surface area contributed by atoms with Crippen LogP contribution < -0.4 is 10.0 Å². The molecule has 8 heteroatoms. The maximum absolute atomic E-state index is 12.2. The van der Waals surface area contributed by atoms with Gasteiger partial charge < -0.3 is 5.32 Å². The first-order chi connectivity index (χ1) is 10.0. The van der Waals surface area contributed by atoms with Gasteiger partial charge in [0.15, 0.2) is 0 Å².